The number of anilines is 1. The van der Waals surface area contributed by atoms with Crippen molar-refractivity contribution in [2.24, 2.45) is 0 Å². The third-order valence-corrected chi connectivity index (χ3v) is 4.91. The van der Waals surface area contributed by atoms with Crippen LogP contribution in [-0.2, 0) is 15.9 Å². The highest BCUT2D eigenvalue weighted by atomic mass is 16.6. The quantitative estimate of drug-likeness (QED) is 0.588. The summed E-state index contributed by atoms with van der Waals surface area (Å²) >= 11 is 0. The minimum atomic E-state index is -0.418. The zero-order valence-electron chi connectivity index (χ0n) is 15.6. The van der Waals surface area contributed by atoms with Crippen molar-refractivity contribution in [3.63, 3.8) is 0 Å². The summed E-state index contributed by atoms with van der Waals surface area (Å²) in [5, 5.41) is 14.2. The fourth-order valence-corrected chi connectivity index (χ4v) is 3.08. The lowest BCUT2D eigenvalue weighted by Crippen LogP contribution is -2.44. The molecule has 8 nitrogen and oxygen atoms in total. The first-order valence-electron chi connectivity index (χ1n) is 9.05. The van der Waals surface area contributed by atoms with Crippen LogP contribution in [0.25, 0.3) is 11.4 Å². The molecule has 8 heteroatoms. The SMILES string of the molecule is CCc1cc(NCC2(OC)CCOCC2)nc(-c2ccc([N+](=O)[O-])cc2)n1. The van der Waals surface area contributed by atoms with Gasteiger partial charge >= 0.3 is 0 Å². The first-order chi connectivity index (χ1) is 13.0. The van der Waals surface area contributed by atoms with E-state index in [4.69, 9.17) is 9.47 Å². The monoisotopic (exact) mass is 372 g/mol. The molecule has 3 rings (SSSR count). The lowest BCUT2D eigenvalue weighted by Gasteiger charge is -2.36. The number of nitrogens with zero attached hydrogens (tertiary/aromatic N) is 3. The highest BCUT2D eigenvalue weighted by Crippen LogP contribution is 2.26. The molecule has 1 aromatic heterocycles. The van der Waals surface area contributed by atoms with Crippen molar-refractivity contribution in [2.45, 2.75) is 31.8 Å². The molecule has 144 valence electrons. The second-order valence-corrected chi connectivity index (χ2v) is 6.58. The van der Waals surface area contributed by atoms with E-state index in [1.165, 1.54) is 12.1 Å². The number of aromatic nitrogens is 2. The molecule has 0 aliphatic carbocycles. The van der Waals surface area contributed by atoms with Gasteiger partial charge in [-0.3, -0.25) is 10.1 Å². The smallest absolute Gasteiger partial charge is 0.269 e. The number of benzene rings is 1. The van der Waals surface area contributed by atoms with Crippen molar-refractivity contribution in [1.82, 2.24) is 9.97 Å². The van der Waals surface area contributed by atoms with Crippen molar-refractivity contribution in [3.05, 3.63) is 46.1 Å². The Morgan fingerprint density at radius 1 is 1.26 bits per heavy atom. The Balaban J connectivity index is 1.81. The summed E-state index contributed by atoms with van der Waals surface area (Å²) < 4.78 is 11.2. The molecule has 1 N–H and O–H groups in total. The number of hydrogen-bond donors (Lipinski definition) is 1. The Morgan fingerprint density at radius 3 is 2.56 bits per heavy atom. The molecule has 1 aliphatic rings. The molecule has 0 spiro atoms. The van der Waals surface area contributed by atoms with E-state index in [0.29, 0.717) is 25.6 Å². The van der Waals surface area contributed by atoms with Crippen molar-refractivity contribution in [1.29, 1.82) is 0 Å². The fraction of sp³-hybridized carbons (Fsp3) is 0.474. The summed E-state index contributed by atoms with van der Waals surface area (Å²) in [6.07, 6.45) is 2.43. The molecule has 1 saturated heterocycles. The van der Waals surface area contributed by atoms with E-state index in [9.17, 15) is 10.1 Å². The molecule has 0 amide bonds. The van der Waals surface area contributed by atoms with Gasteiger partial charge in [-0.2, -0.15) is 0 Å². The summed E-state index contributed by atoms with van der Waals surface area (Å²) in [4.78, 5) is 19.6. The van der Waals surface area contributed by atoms with Crippen LogP contribution in [0.15, 0.2) is 30.3 Å². The van der Waals surface area contributed by atoms with Crippen LogP contribution in [0, 0.1) is 10.1 Å². The van der Waals surface area contributed by atoms with Crippen molar-refractivity contribution < 1.29 is 14.4 Å². The van der Waals surface area contributed by atoms with Crippen molar-refractivity contribution in [2.75, 3.05) is 32.2 Å². The van der Waals surface area contributed by atoms with Gasteiger partial charge in [0.1, 0.15) is 5.82 Å². The minimum Gasteiger partial charge on any atom is -0.381 e. The molecular weight excluding hydrogens is 348 g/mol. The van der Waals surface area contributed by atoms with E-state index in [0.717, 1.165) is 36.3 Å². The van der Waals surface area contributed by atoms with Gasteiger partial charge in [0.2, 0.25) is 0 Å². The average molecular weight is 372 g/mol. The van der Waals surface area contributed by atoms with Crippen molar-refractivity contribution >= 4 is 11.5 Å². The molecule has 0 bridgehead atoms. The molecule has 1 aromatic carbocycles. The van der Waals surface area contributed by atoms with Gasteiger partial charge in [-0.15, -0.1) is 0 Å². The van der Waals surface area contributed by atoms with E-state index in [-0.39, 0.29) is 11.3 Å². The first kappa shape index (κ1) is 19.2. The molecule has 2 heterocycles. The van der Waals surface area contributed by atoms with Crippen LogP contribution in [0.4, 0.5) is 11.5 Å². The second-order valence-electron chi connectivity index (χ2n) is 6.58. The number of nitrogens with one attached hydrogen (secondary N) is 1. The largest absolute Gasteiger partial charge is 0.381 e. The predicted octanol–water partition coefficient (Wildman–Crippen LogP) is 3.22. The summed E-state index contributed by atoms with van der Waals surface area (Å²) in [5.74, 6) is 1.27. The average Bonchev–Trinajstić information content (AvgIpc) is 2.72. The van der Waals surface area contributed by atoms with E-state index < -0.39 is 4.92 Å². The maximum absolute atomic E-state index is 10.8. The summed E-state index contributed by atoms with van der Waals surface area (Å²) in [7, 11) is 1.73. The maximum Gasteiger partial charge on any atom is 0.269 e. The van der Waals surface area contributed by atoms with Gasteiger partial charge in [0, 0.05) is 69.2 Å². The lowest BCUT2D eigenvalue weighted by atomic mass is 9.94. The molecule has 2 aromatic rings. The Labute approximate surface area is 158 Å². The topological polar surface area (TPSA) is 99.4 Å². The molecule has 1 aliphatic heterocycles. The number of non-ortho nitro benzene ring substituents is 1. The normalized spacial score (nSPS) is 16.1. The molecule has 1 fully saturated rings. The molecule has 27 heavy (non-hydrogen) atoms. The molecule has 0 atom stereocenters. The first-order valence-corrected chi connectivity index (χ1v) is 9.05. The fourth-order valence-electron chi connectivity index (χ4n) is 3.08. The van der Waals surface area contributed by atoms with Gasteiger partial charge in [-0.25, -0.2) is 9.97 Å². The summed E-state index contributed by atoms with van der Waals surface area (Å²) in [6.45, 7) is 4.04. The van der Waals surface area contributed by atoms with E-state index in [1.807, 2.05) is 13.0 Å². The van der Waals surface area contributed by atoms with Gasteiger partial charge < -0.3 is 14.8 Å². The van der Waals surface area contributed by atoms with E-state index >= 15 is 0 Å². The zero-order chi connectivity index (χ0) is 19.3. The number of hydrogen-bond acceptors (Lipinski definition) is 7. The van der Waals surface area contributed by atoms with Crippen LogP contribution < -0.4 is 5.32 Å². The van der Waals surface area contributed by atoms with Gasteiger partial charge in [0.15, 0.2) is 5.82 Å². The Bertz CT molecular complexity index is 789. The third kappa shape index (κ3) is 4.58. The predicted molar refractivity (Wildman–Crippen MR) is 102 cm³/mol. The highest BCUT2D eigenvalue weighted by Gasteiger charge is 2.32. The van der Waals surface area contributed by atoms with Crippen LogP contribution in [0.2, 0.25) is 0 Å². The number of ether oxygens (including phenoxy) is 2. The summed E-state index contributed by atoms with van der Waals surface area (Å²) in [5.41, 5.74) is 1.43. The van der Waals surface area contributed by atoms with Crippen LogP contribution in [0.3, 0.4) is 0 Å². The van der Waals surface area contributed by atoms with Gasteiger partial charge in [-0.1, -0.05) is 6.92 Å². The lowest BCUT2D eigenvalue weighted by molar-refractivity contribution is -0.384. The molecule has 0 unspecified atom stereocenters. The Hall–Kier alpha value is -2.58. The van der Waals surface area contributed by atoms with Crippen LogP contribution in [0.5, 0.6) is 0 Å². The minimum absolute atomic E-state index is 0.0466. The second kappa shape index (κ2) is 8.41. The van der Waals surface area contributed by atoms with Crippen LogP contribution in [0.1, 0.15) is 25.5 Å². The van der Waals surface area contributed by atoms with Crippen LogP contribution >= 0.6 is 0 Å². The van der Waals surface area contributed by atoms with Gasteiger partial charge in [0.05, 0.1) is 10.5 Å². The van der Waals surface area contributed by atoms with E-state index in [2.05, 4.69) is 15.3 Å². The highest BCUT2D eigenvalue weighted by molar-refractivity contribution is 5.59. The van der Waals surface area contributed by atoms with Crippen LogP contribution in [-0.4, -0.2) is 47.4 Å². The number of methoxy groups -OCH3 is 1. The summed E-state index contributed by atoms with van der Waals surface area (Å²) in [6, 6.07) is 8.20. The third-order valence-electron chi connectivity index (χ3n) is 4.91. The van der Waals surface area contributed by atoms with E-state index in [1.54, 1.807) is 19.2 Å². The van der Waals surface area contributed by atoms with Gasteiger partial charge in [-0.05, 0) is 18.6 Å². The number of nitro groups is 1. The number of rotatable bonds is 7. The number of nitro benzene ring substituents is 1. The van der Waals surface area contributed by atoms with Gasteiger partial charge in [0.25, 0.3) is 5.69 Å². The molecule has 0 radical (unpaired) electrons. The Kier molecular flexibility index (Phi) is 5.98. The maximum atomic E-state index is 10.8. The molecule has 0 saturated carbocycles. The van der Waals surface area contributed by atoms with Crippen molar-refractivity contribution in [3.8, 4) is 11.4 Å². The number of aryl methyl sites for hydroxylation is 1. The standard InChI is InChI=1S/C19H24N4O4/c1-3-15-12-17(20-13-19(26-2)8-10-27-11-9-19)22-18(21-15)14-4-6-16(7-5-14)23(24)25/h4-7,12H,3,8-11,13H2,1-2H3,(H,20,21,22). The molecular formula is C19H24N4O4. The zero-order valence-corrected chi connectivity index (χ0v) is 15.6. The Morgan fingerprint density at radius 2 is 1.96 bits per heavy atom.